The predicted octanol–water partition coefficient (Wildman–Crippen LogP) is 1.85. The van der Waals surface area contributed by atoms with E-state index < -0.39 is 10.2 Å². The maximum atomic E-state index is 11.0. The quantitative estimate of drug-likeness (QED) is 0.457. The molecular weight excluding hydrogens is 236 g/mol. The van der Waals surface area contributed by atoms with Crippen molar-refractivity contribution in [3.05, 3.63) is 33.4 Å². The Hall–Kier alpha value is -2.13. The molecule has 0 N–H and O–H groups in total. The van der Waals surface area contributed by atoms with Crippen LogP contribution in [0.1, 0.15) is 15.9 Å². The zero-order chi connectivity index (χ0) is 12.3. The lowest BCUT2D eigenvalue weighted by molar-refractivity contribution is -0.385. The molecule has 0 aromatic heterocycles. The number of non-ortho nitro benzene ring substituents is 1. The van der Waals surface area contributed by atoms with Crippen LogP contribution in [0.25, 0.3) is 0 Å². The predicted molar refractivity (Wildman–Crippen MR) is 54.5 cm³/mol. The van der Waals surface area contributed by atoms with Gasteiger partial charge in [-0.1, -0.05) is 0 Å². The number of ether oxygens (including phenoxy) is 1. The van der Waals surface area contributed by atoms with Gasteiger partial charge in [0.2, 0.25) is 0 Å². The van der Waals surface area contributed by atoms with Crippen molar-refractivity contribution in [2.24, 2.45) is 0 Å². The number of rotatable bonds is 3. The maximum absolute atomic E-state index is 11.0. The summed E-state index contributed by atoms with van der Waals surface area (Å²) in [5.74, 6) is -0.0549. The Morgan fingerprint density at radius 2 is 2.25 bits per heavy atom. The van der Waals surface area contributed by atoms with E-state index in [0.29, 0.717) is 0 Å². The van der Waals surface area contributed by atoms with E-state index in [2.05, 4.69) is 0 Å². The van der Waals surface area contributed by atoms with E-state index in [1.165, 1.54) is 7.11 Å². The number of nitro benzene ring substituents is 1. The number of methoxy groups -OCH3 is 1. The molecule has 0 radical (unpaired) electrons. The highest BCUT2D eigenvalue weighted by Gasteiger charge is 2.20. The Morgan fingerprint density at radius 1 is 1.62 bits per heavy atom. The molecule has 0 unspecified atom stereocenters. The summed E-state index contributed by atoms with van der Waals surface area (Å²) in [4.78, 5) is 20.9. The molecule has 6 nitrogen and oxygen atoms in total. The van der Waals surface area contributed by atoms with Gasteiger partial charge in [-0.3, -0.25) is 14.9 Å². The van der Waals surface area contributed by atoms with E-state index in [1.807, 2.05) is 0 Å². The van der Waals surface area contributed by atoms with Crippen molar-refractivity contribution in [3.63, 3.8) is 0 Å². The first-order chi connectivity index (χ1) is 7.51. The summed E-state index contributed by atoms with van der Waals surface area (Å²) in [6, 6.07) is 3.71. The first-order valence-corrected chi connectivity index (χ1v) is 4.35. The zero-order valence-corrected chi connectivity index (χ0v) is 8.82. The monoisotopic (exact) mass is 240 g/mol. The summed E-state index contributed by atoms with van der Waals surface area (Å²) in [7, 11) is 1.24. The third-order valence-electron chi connectivity index (χ3n) is 1.84. The third-order valence-corrected chi connectivity index (χ3v) is 2.04. The Kier molecular flexibility index (Phi) is 3.43. The topological polar surface area (TPSA) is 93.2 Å². The Bertz CT molecular complexity index is 507. The molecule has 1 aromatic rings. The highest BCUT2D eigenvalue weighted by molar-refractivity contribution is 6.68. The van der Waals surface area contributed by atoms with E-state index in [4.69, 9.17) is 21.6 Å². The molecule has 7 heteroatoms. The van der Waals surface area contributed by atoms with Crippen LogP contribution >= 0.6 is 11.6 Å². The van der Waals surface area contributed by atoms with Crippen LogP contribution in [0.5, 0.6) is 5.75 Å². The number of nitrogens with zero attached hydrogens (tertiary/aromatic N) is 2. The lowest BCUT2D eigenvalue weighted by Crippen LogP contribution is -2.00. The van der Waals surface area contributed by atoms with E-state index >= 15 is 0 Å². The van der Waals surface area contributed by atoms with E-state index in [9.17, 15) is 14.9 Å². The minimum atomic E-state index is -0.946. The third kappa shape index (κ3) is 2.10. The highest BCUT2D eigenvalue weighted by Crippen LogP contribution is 2.28. The van der Waals surface area contributed by atoms with Gasteiger partial charge in [-0.25, -0.2) is 0 Å². The van der Waals surface area contributed by atoms with Crippen molar-refractivity contribution in [1.29, 1.82) is 5.26 Å². The van der Waals surface area contributed by atoms with Crippen LogP contribution in [0.3, 0.4) is 0 Å². The van der Waals surface area contributed by atoms with Crippen LogP contribution in [-0.2, 0) is 0 Å². The lowest BCUT2D eigenvalue weighted by Gasteiger charge is -2.05. The molecule has 0 aliphatic carbocycles. The molecule has 0 heterocycles. The fourth-order valence-electron chi connectivity index (χ4n) is 1.14. The number of hydrogen-bond acceptors (Lipinski definition) is 5. The zero-order valence-electron chi connectivity index (χ0n) is 8.06. The van der Waals surface area contributed by atoms with Crippen molar-refractivity contribution < 1.29 is 14.5 Å². The molecule has 0 aliphatic rings. The number of hydrogen-bond donors (Lipinski definition) is 0. The second-order valence-corrected chi connectivity index (χ2v) is 3.06. The van der Waals surface area contributed by atoms with Gasteiger partial charge < -0.3 is 4.74 Å². The van der Waals surface area contributed by atoms with Crippen molar-refractivity contribution in [2.75, 3.05) is 7.11 Å². The average Bonchev–Trinajstić information content (AvgIpc) is 2.26. The summed E-state index contributed by atoms with van der Waals surface area (Å²) in [6.45, 7) is 0. The van der Waals surface area contributed by atoms with Crippen LogP contribution in [0.4, 0.5) is 5.69 Å². The molecule has 0 saturated heterocycles. The molecular formula is C9H5ClN2O4. The minimum Gasteiger partial charge on any atom is -0.495 e. The van der Waals surface area contributed by atoms with Gasteiger partial charge in [-0.05, 0) is 11.6 Å². The molecule has 1 rings (SSSR count). The van der Waals surface area contributed by atoms with E-state index in [-0.39, 0.29) is 22.6 Å². The maximum Gasteiger partial charge on any atom is 0.274 e. The standard InChI is InChI=1S/C9H5ClN2O4/c1-16-8-3-5(12(14)15)2-6(9(10)13)7(8)4-11/h2-3H,1H3. The van der Waals surface area contributed by atoms with Gasteiger partial charge in [0, 0.05) is 6.07 Å². The second kappa shape index (κ2) is 4.59. The number of nitro groups is 1. The number of carbonyl (C=O) groups excluding carboxylic acids is 1. The molecule has 0 aliphatic heterocycles. The molecule has 16 heavy (non-hydrogen) atoms. The minimum absolute atomic E-state index is 0.0549. The molecule has 0 spiro atoms. The summed E-state index contributed by atoms with van der Waals surface area (Å²) >= 11 is 5.22. The van der Waals surface area contributed by atoms with Gasteiger partial charge >= 0.3 is 0 Å². The van der Waals surface area contributed by atoms with Crippen molar-refractivity contribution in [2.45, 2.75) is 0 Å². The van der Waals surface area contributed by atoms with Crippen LogP contribution in [0.2, 0.25) is 0 Å². The van der Waals surface area contributed by atoms with Gasteiger partial charge in [-0.2, -0.15) is 5.26 Å². The molecule has 82 valence electrons. The van der Waals surface area contributed by atoms with E-state index in [1.54, 1.807) is 6.07 Å². The van der Waals surface area contributed by atoms with Crippen LogP contribution < -0.4 is 4.74 Å². The van der Waals surface area contributed by atoms with Crippen molar-refractivity contribution in [1.82, 2.24) is 0 Å². The van der Waals surface area contributed by atoms with Gasteiger partial charge in [0.05, 0.1) is 23.7 Å². The fourth-order valence-corrected chi connectivity index (χ4v) is 1.29. The average molecular weight is 241 g/mol. The number of halogens is 1. The molecule has 0 fully saturated rings. The number of carbonyl (C=O) groups is 1. The highest BCUT2D eigenvalue weighted by atomic mass is 35.5. The Balaban J connectivity index is 3.57. The molecule has 0 atom stereocenters. The largest absolute Gasteiger partial charge is 0.495 e. The Morgan fingerprint density at radius 3 is 2.62 bits per heavy atom. The molecule has 1 aromatic carbocycles. The molecule has 0 saturated carbocycles. The fraction of sp³-hybridized carbons (Fsp3) is 0.111. The summed E-state index contributed by atoms with van der Waals surface area (Å²) in [5, 5.41) is 18.4. The van der Waals surface area contributed by atoms with Gasteiger partial charge in [-0.15, -0.1) is 0 Å². The smallest absolute Gasteiger partial charge is 0.274 e. The van der Waals surface area contributed by atoms with Crippen LogP contribution in [0.15, 0.2) is 12.1 Å². The summed E-state index contributed by atoms with van der Waals surface area (Å²) < 4.78 is 4.78. The summed E-state index contributed by atoms with van der Waals surface area (Å²) in [6.07, 6.45) is 0. The Labute approximate surface area is 95.2 Å². The molecule has 0 bridgehead atoms. The summed E-state index contributed by atoms with van der Waals surface area (Å²) in [5.41, 5.74) is -0.719. The second-order valence-electron chi connectivity index (χ2n) is 2.71. The van der Waals surface area contributed by atoms with Gasteiger partial charge in [0.25, 0.3) is 10.9 Å². The first kappa shape index (κ1) is 11.9. The number of nitriles is 1. The lowest BCUT2D eigenvalue weighted by atomic mass is 10.1. The van der Waals surface area contributed by atoms with Crippen molar-refractivity contribution >= 4 is 22.5 Å². The van der Waals surface area contributed by atoms with Crippen LogP contribution in [-0.4, -0.2) is 17.3 Å². The van der Waals surface area contributed by atoms with Crippen LogP contribution in [0, 0.1) is 21.4 Å². The first-order valence-electron chi connectivity index (χ1n) is 3.97. The molecule has 0 amide bonds. The SMILES string of the molecule is COc1cc([N+](=O)[O-])cc(C(=O)Cl)c1C#N. The van der Waals surface area contributed by atoms with E-state index in [0.717, 1.165) is 12.1 Å². The van der Waals surface area contributed by atoms with Crippen molar-refractivity contribution in [3.8, 4) is 11.8 Å². The normalized spacial score (nSPS) is 9.31. The number of benzene rings is 1. The van der Waals surface area contributed by atoms with Gasteiger partial charge in [0.15, 0.2) is 0 Å². The van der Waals surface area contributed by atoms with Gasteiger partial charge in [0.1, 0.15) is 17.4 Å².